The van der Waals surface area contributed by atoms with Crippen LogP contribution >= 0.6 is 23.1 Å². The smallest absolute Gasteiger partial charge is 0.234 e. The summed E-state index contributed by atoms with van der Waals surface area (Å²) in [6, 6.07) is 6.98. The minimum Gasteiger partial charge on any atom is -0.325 e. The number of fused-ring (bicyclic) bond motifs is 1. The fraction of sp³-hybridized carbons (Fsp3) is 0.391. The van der Waals surface area contributed by atoms with Crippen molar-refractivity contribution in [2.75, 3.05) is 11.1 Å². The molecule has 0 radical (unpaired) electrons. The fourth-order valence-corrected chi connectivity index (χ4v) is 5.93. The number of hydrogen-bond acceptors (Lipinski definition) is 6. The number of thiophene rings is 1. The number of benzene rings is 1. The van der Waals surface area contributed by atoms with E-state index >= 15 is 0 Å². The van der Waals surface area contributed by atoms with E-state index in [-0.39, 0.29) is 17.4 Å². The van der Waals surface area contributed by atoms with Crippen molar-refractivity contribution in [3.8, 4) is 11.4 Å². The molecule has 2 heterocycles. The second-order valence-corrected chi connectivity index (χ2v) is 9.83. The Kier molecular flexibility index (Phi) is 6.57. The Hall–Kier alpha value is -2.45. The number of nitrogens with one attached hydrogen (secondary N) is 1. The molecule has 1 aliphatic carbocycles. The van der Waals surface area contributed by atoms with Gasteiger partial charge in [-0.2, -0.15) is 0 Å². The zero-order valence-electron chi connectivity index (χ0n) is 18.0. The van der Waals surface area contributed by atoms with Gasteiger partial charge in [0, 0.05) is 33.6 Å². The normalized spacial score (nSPS) is 15.5. The molecule has 6 nitrogen and oxygen atoms in total. The first kappa shape index (κ1) is 21.8. The zero-order chi connectivity index (χ0) is 22.0. The first-order valence-corrected chi connectivity index (χ1v) is 12.4. The lowest BCUT2D eigenvalue weighted by molar-refractivity contribution is -0.113. The number of nitrogens with zero attached hydrogens (tertiary/aromatic N) is 3. The average molecular weight is 455 g/mol. The van der Waals surface area contributed by atoms with E-state index in [0.29, 0.717) is 11.3 Å². The Labute approximate surface area is 190 Å². The van der Waals surface area contributed by atoms with Gasteiger partial charge in [-0.15, -0.1) is 21.5 Å². The van der Waals surface area contributed by atoms with Gasteiger partial charge in [0.15, 0.2) is 16.8 Å². The molecule has 0 fully saturated rings. The molecule has 3 aromatic rings. The molecular formula is C23H26N4O2S2. The number of amides is 1. The van der Waals surface area contributed by atoms with Crippen LogP contribution in [0.2, 0.25) is 0 Å². The molecule has 162 valence electrons. The average Bonchev–Trinajstić information content (AvgIpc) is 3.35. The van der Waals surface area contributed by atoms with E-state index in [1.165, 1.54) is 41.1 Å². The second kappa shape index (κ2) is 9.36. The van der Waals surface area contributed by atoms with Crippen LogP contribution < -0.4 is 5.32 Å². The van der Waals surface area contributed by atoms with E-state index in [1.807, 2.05) is 11.3 Å². The Morgan fingerprint density at radius 3 is 2.94 bits per heavy atom. The molecule has 1 N–H and O–H groups in total. The molecule has 1 atom stereocenters. The van der Waals surface area contributed by atoms with Gasteiger partial charge in [0.2, 0.25) is 5.91 Å². The molecule has 1 aliphatic rings. The highest BCUT2D eigenvalue weighted by molar-refractivity contribution is 7.99. The van der Waals surface area contributed by atoms with Crippen molar-refractivity contribution in [3.05, 3.63) is 45.6 Å². The zero-order valence-corrected chi connectivity index (χ0v) is 19.6. The summed E-state index contributed by atoms with van der Waals surface area (Å²) >= 11 is 3.20. The van der Waals surface area contributed by atoms with Crippen LogP contribution in [0.4, 0.5) is 5.69 Å². The number of rotatable bonds is 7. The molecule has 1 unspecified atom stereocenters. The highest BCUT2D eigenvalue weighted by Crippen LogP contribution is 2.38. The molecule has 0 spiro atoms. The molecule has 4 rings (SSSR count). The van der Waals surface area contributed by atoms with Crippen LogP contribution in [0.25, 0.3) is 11.4 Å². The van der Waals surface area contributed by atoms with Gasteiger partial charge >= 0.3 is 0 Å². The number of carbonyl (C=O) groups is 2. The van der Waals surface area contributed by atoms with Gasteiger partial charge < -0.3 is 9.88 Å². The SMILES string of the molecule is CCn1c(SCC(=O)Nc2cccc(C(C)=O)c2)nnc1-c1csc2c1CCC(C)C2. The van der Waals surface area contributed by atoms with E-state index in [9.17, 15) is 9.59 Å². The standard InChI is InChI=1S/C23H26N4O2S2/c1-4-27-22(19-12-30-20-10-14(2)8-9-18(19)20)25-26-23(27)31-13-21(29)24-17-7-5-6-16(11-17)15(3)28/h5-7,11-12,14H,4,8-10,13H2,1-3H3,(H,24,29). The molecule has 0 aliphatic heterocycles. The predicted molar refractivity (Wildman–Crippen MR) is 126 cm³/mol. The van der Waals surface area contributed by atoms with E-state index in [1.54, 1.807) is 24.3 Å². The van der Waals surface area contributed by atoms with E-state index in [4.69, 9.17) is 0 Å². The Morgan fingerprint density at radius 1 is 1.32 bits per heavy atom. The predicted octanol–water partition coefficient (Wildman–Crippen LogP) is 5.08. The minimum atomic E-state index is -0.139. The van der Waals surface area contributed by atoms with Gasteiger partial charge in [-0.05, 0) is 56.7 Å². The van der Waals surface area contributed by atoms with Gasteiger partial charge in [0.25, 0.3) is 0 Å². The van der Waals surface area contributed by atoms with Crippen LogP contribution in [0.5, 0.6) is 0 Å². The topological polar surface area (TPSA) is 76.9 Å². The third-order valence-electron chi connectivity index (χ3n) is 5.56. The van der Waals surface area contributed by atoms with Crippen LogP contribution in [-0.4, -0.2) is 32.2 Å². The van der Waals surface area contributed by atoms with Crippen molar-refractivity contribution < 1.29 is 9.59 Å². The van der Waals surface area contributed by atoms with Gasteiger partial charge in [-0.1, -0.05) is 30.8 Å². The van der Waals surface area contributed by atoms with Crippen molar-refractivity contribution in [2.45, 2.75) is 51.7 Å². The molecule has 31 heavy (non-hydrogen) atoms. The molecular weight excluding hydrogens is 428 g/mol. The van der Waals surface area contributed by atoms with Gasteiger partial charge in [-0.3, -0.25) is 9.59 Å². The lowest BCUT2D eigenvalue weighted by Gasteiger charge is -2.19. The van der Waals surface area contributed by atoms with E-state index < -0.39 is 0 Å². The summed E-state index contributed by atoms with van der Waals surface area (Å²) in [5, 5.41) is 14.7. The lowest BCUT2D eigenvalue weighted by atomic mass is 9.88. The number of carbonyl (C=O) groups excluding carboxylic acids is 2. The third kappa shape index (κ3) is 4.75. The highest BCUT2D eigenvalue weighted by Gasteiger charge is 2.24. The summed E-state index contributed by atoms with van der Waals surface area (Å²) in [5.41, 5.74) is 3.81. The summed E-state index contributed by atoms with van der Waals surface area (Å²) < 4.78 is 2.09. The van der Waals surface area contributed by atoms with Crippen LogP contribution in [-0.2, 0) is 24.2 Å². The number of aromatic nitrogens is 3. The second-order valence-electron chi connectivity index (χ2n) is 7.92. The molecule has 0 saturated carbocycles. The maximum absolute atomic E-state index is 12.5. The third-order valence-corrected chi connectivity index (χ3v) is 7.58. The number of ketones is 1. The van der Waals surface area contributed by atoms with Crippen molar-refractivity contribution in [3.63, 3.8) is 0 Å². The van der Waals surface area contributed by atoms with E-state index in [0.717, 1.165) is 36.3 Å². The molecule has 2 aromatic heterocycles. The Morgan fingerprint density at radius 2 is 2.16 bits per heavy atom. The largest absolute Gasteiger partial charge is 0.325 e. The Bertz CT molecular complexity index is 1120. The lowest BCUT2D eigenvalue weighted by Crippen LogP contribution is -2.15. The van der Waals surface area contributed by atoms with Gasteiger partial charge in [0.05, 0.1) is 5.75 Å². The summed E-state index contributed by atoms with van der Waals surface area (Å²) in [4.78, 5) is 25.5. The van der Waals surface area contributed by atoms with E-state index in [2.05, 4.69) is 39.3 Å². The maximum Gasteiger partial charge on any atom is 0.234 e. The first-order chi connectivity index (χ1) is 15.0. The summed E-state index contributed by atoms with van der Waals surface area (Å²) in [6.07, 6.45) is 3.45. The molecule has 0 saturated heterocycles. The quantitative estimate of drug-likeness (QED) is 0.398. The maximum atomic E-state index is 12.5. The number of Topliss-reactive ketones (excluding diaryl/α,β-unsaturated/α-hetero) is 1. The molecule has 8 heteroatoms. The Balaban J connectivity index is 1.46. The van der Waals surface area contributed by atoms with Crippen LogP contribution in [0, 0.1) is 5.92 Å². The monoisotopic (exact) mass is 454 g/mol. The van der Waals surface area contributed by atoms with Gasteiger partial charge in [-0.25, -0.2) is 0 Å². The van der Waals surface area contributed by atoms with Crippen LogP contribution in [0.3, 0.4) is 0 Å². The van der Waals surface area contributed by atoms with Crippen molar-refractivity contribution in [1.82, 2.24) is 14.8 Å². The fourth-order valence-electron chi connectivity index (χ4n) is 3.89. The van der Waals surface area contributed by atoms with Gasteiger partial charge in [0.1, 0.15) is 0 Å². The number of thioether (sulfide) groups is 1. The van der Waals surface area contributed by atoms with Crippen LogP contribution in [0.15, 0.2) is 34.8 Å². The number of hydrogen-bond donors (Lipinski definition) is 1. The molecule has 1 amide bonds. The van der Waals surface area contributed by atoms with Crippen LogP contribution in [0.1, 0.15) is 48.0 Å². The van der Waals surface area contributed by atoms with Crippen molar-refractivity contribution in [1.29, 1.82) is 0 Å². The molecule has 1 aromatic carbocycles. The summed E-state index contributed by atoms with van der Waals surface area (Å²) in [6.45, 7) is 6.64. The highest BCUT2D eigenvalue weighted by atomic mass is 32.2. The minimum absolute atomic E-state index is 0.0286. The van der Waals surface area contributed by atoms with Crippen molar-refractivity contribution in [2.24, 2.45) is 5.92 Å². The van der Waals surface area contributed by atoms with Crippen molar-refractivity contribution >= 4 is 40.5 Å². The first-order valence-electron chi connectivity index (χ1n) is 10.5. The number of anilines is 1. The summed E-state index contributed by atoms with van der Waals surface area (Å²) in [7, 11) is 0. The summed E-state index contributed by atoms with van der Waals surface area (Å²) in [5.74, 6) is 1.69. The molecule has 0 bridgehead atoms.